The average molecular weight is 552 g/mol. The van der Waals surface area contributed by atoms with Crippen molar-refractivity contribution in [3.8, 4) is 16.9 Å². The van der Waals surface area contributed by atoms with Crippen molar-refractivity contribution in [2.45, 2.75) is 46.9 Å². The Balaban J connectivity index is 2.01. The maximum absolute atomic E-state index is 12.5. The van der Waals surface area contributed by atoms with Gasteiger partial charge in [0.25, 0.3) is 0 Å². The Morgan fingerprint density at radius 1 is 0.944 bits per heavy atom. The predicted octanol–water partition coefficient (Wildman–Crippen LogP) is 8.14. The fraction of sp³-hybridized carbons (Fsp3) is 0.296. The largest absolute Gasteiger partial charge is 0.573 e. The number of benzene rings is 3. The van der Waals surface area contributed by atoms with Gasteiger partial charge in [0.15, 0.2) is 0 Å². The van der Waals surface area contributed by atoms with E-state index in [1.807, 2.05) is 36.6 Å². The van der Waals surface area contributed by atoms with Crippen LogP contribution in [0.2, 0.25) is 0 Å². The Bertz CT molecular complexity index is 1240. The fourth-order valence-corrected chi connectivity index (χ4v) is 6.46. The van der Waals surface area contributed by atoms with Gasteiger partial charge >= 0.3 is 6.36 Å². The maximum Gasteiger partial charge on any atom is 0.573 e. The molecule has 0 aromatic heterocycles. The minimum atomic E-state index is -4.75. The normalized spacial score (nSPS) is 13.8. The van der Waals surface area contributed by atoms with Crippen LogP contribution in [0.1, 0.15) is 31.9 Å². The fourth-order valence-electron chi connectivity index (χ4n) is 3.55. The van der Waals surface area contributed by atoms with E-state index in [9.17, 15) is 17.4 Å². The predicted molar refractivity (Wildman–Crippen MR) is 146 cm³/mol. The van der Waals surface area contributed by atoms with Gasteiger partial charge in [-0.25, -0.2) is 0 Å². The molecule has 9 heteroatoms. The van der Waals surface area contributed by atoms with E-state index in [2.05, 4.69) is 37.6 Å². The first-order valence-corrected chi connectivity index (χ1v) is 14.7. The lowest BCUT2D eigenvalue weighted by Crippen LogP contribution is -2.22. The number of hydrogen-bond acceptors (Lipinski definition) is 5. The van der Waals surface area contributed by atoms with Crippen molar-refractivity contribution < 1.29 is 22.1 Å². The Morgan fingerprint density at radius 3 is 2.03 bits per heavy atom. The number of alkyl halides is 3. The second-order valence-corrected chi connectivity index (χ2v) is 13.0. The number of halogens is 3. The van der Waals surface area contributed by atoms with E-state index in [0.29, 0.717) is 11.1 Å². The van der Waals surface area contributed by atoms with Crippen LogP contribution in [0.25, 0.3) is 11.1 Å². The van der Waals surface area contributed by atoms with Gasteiger partial charge in [-0.05, 0) is 58.7 Å². The van der Waals surface area contributed by atoms with Crippen LogP contribution in [0.4, 0.5) is 13.2 Å². The van der Waals surface area contributed by atoms with Crippen molar-refractivity contribution in [2.24, 2.45) is 0 Å². The summed E-state index contributed by atoms with van der Waals surface area (Å²) in [6, 6.07) is 19.5. The molecule has 0 aliphatic heterocycles. The van der Waals surface area contributed by atoms with Crippen molar-refractivity contribution in [2.75, 3.05) is 12.5 Å². The summed E-state index contributed by atoms with van der Waals surface area (Å²) in [5.41, 5.74) is 3.69. The van der Waals surface area contributed by atoms with E-state index >= 15 is 0 Å². The van der Waals surface area contributed by atoms with Crippen molar-refractivity contribution in [3.05, 3.63) is 77.9 Å². The van der Waals surface area contributed by atoms with Gasteiger partial charge in [-0.2, -0.15) is 0 Å². The zero-order valence-electron chi connectivity index (χ0n) is 20.6. The molecule has 3 nitrogen and oxygen atoms in total. The molecule has 3 aromatic rings. The van der Waals surface area contributed by atoms with Crippen LogP contribution < -0.4 is 4.74 Å². The highest BCUT2D eigenvalue weighted by molar-refractivity contribution is 8.11. The molecule has 0 spiro atoms. The van der Waals surface area contributed by atoms with E-state index in [-0.39, 0.29) is 16.9 Å². The Hall–Kier alpha value is -2.23. The summed E-state index contributed by atoms with van der Waals surface area (Å²) < 4.78 is 53.3. The summed E-state index contributed by atoms with van der Waals surface area (Å²) in [6.07, 6.45) is -1.33. The molecule has 0 bridgehead atoms. The molecule has 2 atom stereocenters. The molecule has 192 valence electrons. The van der Waals surface area contributed by atoms with Gasteiger partial charge in [0.05, 0.1) is 5.71 Å². The lowest BCUT2D eigenvalue weighted by Gasteiger charge is -2.20. The zero-order chi connectivity index (χ0) is 26.7. The molecule has 0 aliphatic carbocycles. The third kappa shape index (κ3) is 7.40. The van der Waals surface area contributed by atoms with Crippen molar-refractivity contribution in [3.63, 3.8) is 0 Å². The summed E-state index contributed by atoms with van der Waals surface area (Å²) >= 11 is 2.87. The van der Waals surface area contributed by atoms with E-state index in [1.54, 1.807) is 18.4 Å². The topological polar surface area (TPSA) is 50.1 Å². The molecule has 0 saturated heterocycles. The van der Waals surface area contributed by atoms with Crippen LogP contribution in [0.15, 0.2) is 76.5 Å². The Labute approximate surface area is 221 Å². The van der Waals surface area contributed by atoms with Gasteiger partial charge < -0.3 is 10.1 Å². The molecule has 0 radical (unpaired) electrons. The zero-order valence-corrected chi connectivity index (χ0v) is 23.1. The SMILES string of the molecule is CSC(C(=N)c1ccc(-c2ccc(OC(F)(F)F)cc2)cc1Sc1ccc(C(C)(C)C)cc1)S(C)=O. The van der Waals surface area contributed by atoms with Crippen LogP contribution in [-0.4, -0.2) is 33.4 Å². The molecule has 3 aromatic carbocycles. The number of ether oxygens (including phenoxy) is 1. The minimum absolute atomic E-state index is 0.0230. The standard InChI is InChI=1S/C27H28F3NO2S3/c1-26(2,3)19-9-13-21(14-10-19)35-23-16-18(8-15-22(23)24(31)25(34-4)36(5)32)17-6-11-20(12-7-17)33-27(28,29)30/h6-16,25,31H,1-5H3. The van der Waals surface area contributed by atoms with Crippen molar-refractivity contribution >= 4 is 40.0 Å². The van der Waals surface area contributed by atoms with Gasteiger partial charge in [-0.15, -0.1) is 24.9 Å². The molecule has 0 heterocycles. The van der Waals surface area contributed by atoms with Crippen molar-refractivity contribution in [1.82, 2.24) is 0 Å². The average Bonchev–Trinajstić information content (AvgIpc) is 2.78. The van der Waals surface area contributed by atoms with Crippen LogP contribution in [0.3, 0.4) is 0 Å². The van der Waals surface area contributed by atoms with Gasteiger partial charge in [0, 0.05) is 32.4 Å². The quantitative estimate of drug-likeness (QED) is 0.287. The van der Waals surface area contributed by atoms with Gasteiger partial charge in [0.1, 0.15) is 10.3 Å². The number of nitrogens with one attached hydrogen (secondary N) is 1. The molecule has 0 fully saturated rings. The lowest BCUT2D eigenvalue weighted by atomic mass is 9.87. The highest BCUT2D eigenvalue weighted by atomic mass is 32.2. The molecule has 3 rings (SSSR count). The van der Waals surface area contributed by atoms with Crippen LogP contribution in [0.5, 0.6) is 5.75 Å². The minimum Gasteiger partial charge on any atom is -0.406 e. The molecular formula is C27H28F3NO2S3. The van der Waals surface area contributed by atoms with Crippen LogP contribution in [-0.2, 0) is 16.2 Å². The monoisotopic (exact) mass is 551 g/mol. The molecule has 36 heavy (non-hydrogen) atoms. The summed E-state index contributed by atoms with van der Waals surface area (Å²) in [6.45, 7) is 6.45. The Kier molecular flexibility index (Phi) is 9.01. The first-order valence-electron chi connectivity index (χ1n) is 11.0. The first-order chi connectivity index (χ1) is 16.8. The number of hydrogen-bond donors (Lipinski definition) is 1. The Morgan fingerprint density at radius 2 is 1.53 bits per heavy atom. The van der Waals surface area contributed by atoms with Crippen molar-refractivity contribution in [1.29, 1.82) is 5.41 Å². The number of thioether (sulfide) groups is 1. The third-order valence-electron chi connectivity index (χ3n) is 5.39. The van der Waals surface area contributed by atoms with Crippen LogP contribution >= 0.6 is 23.5 Å². The highest BCUT2D eigenvalue weighted by Gasteiger charge is 2.31. The molecule has 2 unspecified atom stereocenters. The first kappa shape index (κ1) is 28.3. The lowest BCUT2D eigenvalue weighted by molar-refractivity contribution is -0.274. The maximum atomic E-state index is 12.5. The summed E-state index contributed by atoms with van der Waals surface area (Å²) in [5.74, 6) is -0.286. The molecular weight excluding hydrogens is 523 g/mol. The summed E-state index contributed by atoms with van der Waals surface area (Å²) in [5, 5.41) is 8.78. The van der Waals surface area contributed by atoms with Crippen LogP contribution in [0, 0.1) is 5.41 Å². The summed E-state index contributed by atoms with van der Waals surface area (Å²) in [4.78, 5) is 1.79. The van der Waals surface area contributed by atoms with Gasteiger partial charge in [-0.3, -0.25) is 4.21 Å². The molecule has 1 N–H and O–H groups in total. The van der Waals surface area contributed by atoms with Gasteiger partial charge in [-0.1, -0.05) is 68.9 Å². The molecule has 0 aliphatic rings. The third-order valence-corrected chi connectivity index (χ3v) is 9.35. The highest BCUT2D eigenvalue weighted by Crippen LogP contribution is 2.37. The van der Waals surface area contributed by atoms with E-state index < -0.39 is 21.7 Å². The number of rotatable bonds is 8. The van der Waals surface area contributed by atoms with Gasteiger partial charge in [0.2, 0.25) is 0 Å². The smallest absolute Gasteiger partial charge is 0.406 e. The molecule has 0 saturated carbocycles. The molecule has 0 amide bonds. The van der Waals surface area contributed by atoms with E-state index in [0.717, 1.165) is 15.4 Å². The van der Waals surface area contributed by atoms with E-state index in [4.69, 9.17) is 5.41 Å². The summed E-state index contributed by atoms with van der Waals surface area (Å²) in [7, 11) is -1.23. The van der Waals surface area contributed by atoms with E-state index in [1.165, 1.54) is 41.2 Å². The second-order valence-electron chi connectivity index (χ2n) is 9.14. The second kappa shape index (κ2) is 11.4.